The number of thiophene rings is 1. The number of halogens is 1. The largest absolute Gasteiger partial charge is 0.343 e. The summed E-state index contributed by atoms with van der Waals surface area (Å²) in [4.78, 5) is 1.01. The van der Waals surface area contributed by atoms with Gasteiger partial charge in [0, 0.05) is 0 Å². The van der Waals surface area contributed by atoms with Gasteiger partial charge in [0.05, 0.1) is 31.3 Å². The zero-order chi connectivity index (χ0) is 10.0. The molecular formula is C9H10BClO2S. The highest BCUT2D eigenvalue weighted by atomic mass is 35.5. The summed E-state index contributed by atoms with van der Waals surface area (Å²) in [6.45, 7) is 0.513. The fraction of sp³-hybridized carbons (Fsp3) is 0.556. The summed E-state index contributed by atoms with van der Waals surface area (Å²) in [5.74, 6) is -0.319. The molecule has 0 aromatic carbocycles. The second-order valence-electron chi connectivity index (χ2n) is 3.14. The summed E-state index contributed by atoms with van der Waals surface area (Å²) in [6, 6.07) is 3.92. The van der Waals surface area contributed by atoms with Gasteiger partial charge in [-0.2, -0.15) is 0 Å². The molecule has 2 atom stereocenters. The minimum absolute atomic E-state index is 0.0534. The Morgan fingerprint density at radius 3 is 3.07 bits per heavy atom. The standard InChI is InChI=1S/C9H10BClO2S/c10-6-9(8-2-1-3-14-8)12-5-7(4-11)13-9/h1-3,7H,4-6H2/t7-,9-/m1/s1. The van der Waals surface area contributed by atoms with Gasteiger partial charge in [-0.15, -0.1) is 22.9 Å². The Bertz CT molecular complexity index is 293. The van der Waals surface area contributed by atoms with Crippen molar-refractivity contribution < 1.29 is 9.47 Å². The lowest BCUT2D eigenvalue weighted by Crippen LogP contribution is -2.26. The summed E-state index contributed by atoms with van der Waals surface area (Å²) in [6.07, 6.45) is 0.267. The fourth-order valence-electron chi connectivity index (χ4n) is 1.47. The monoisotopic (exact) mass is 228 g/mol. The second-order valence-corrected chi connectivity index (χ2v) is 4.40. The van der Waals surface area contributed by atoms with Crippen LogP contribution in [0.15, 0.2) is 17.5 Å². The van der Waals surface area contributed by atoms with Crippen molar-refractivity contribution in [3.8, 4) is 0 Å². The Morgan fingerprint density at radius 1 is 1.71 bits per heavy atom. The highest BCUT2D eigenvalue weighted by Gasteiger charge is 2.41. The lowest BCUT2D eigenvalue weighted by atomic mass is 9.95. The molecular weight excluding hydrogens is 218 g/mol. The molecule has 1 saturated heterocycles. The van der Waals surface area contributed by atoms with E-state index in [-0.39, 0.29) is 6.10 Å². The topological polar surface area (TPSA) is 18.5 Å². The van der Waals surface area contributed by atoms with Crippen molar-refractivity contribution in [3.05, 3.63) is 22.4 Å². The number of alkyl halides is 1. The van der Waals surface area contributed by atoms with E-state index >= 15 is 0 Å². The van der Waals surface area contributed by atoms with E-state index in [0.717, 1.165) is 4.88 Å². The van der Waals surface area contributed by atoms with E-state index in [4.69, 9.17) is 28.9 Å². The molecule has 2 nitrogen and oxygen atoms in total. The molecule has 0 saturated carbocycles. The SMILES string of the molecule is [B]C[C@@]1(c2cccs2)OC[C@@H](CCl)O1. The molecule has 5 heteroatoms. The van der Waals surface area contributed by atoms with Gasteiger partial charge >= 0.3 is 0 Å². The number of rotatable bonds is 3. The first-order valence-corrected chi connectivity index (χ1v) is 5.84. The van der Waals surface area contributed by atoms with Crippen LogP contribution in [0.5, 0.6) is 0 Å². The maximum absolute atomic E-state index is 5.72. The van der Waals surface area contributed by atoms with Gasteiger partial charge in [0.2, 0.25) is 0 Å². The molecule has 14 heavy (non-hydrogen) atoms. The zero-order valence-electron chi connectivity index (χ0n) is 7.61. The summed E-state index contributed by atoms with van der Waals surface area (Å²) in [5, 5.41) is 1.98. The second kappa shape index (κ2) is 4.23. The molecule has 1 aromatic rings. The lowest BCUT2D eigenvalue weighted by molar-refractivity contribution is -0.155. The van der Waals surface area contributed by atoms with Crippen molar-refractivity contribution in [1.29, 1.82) is 0 Å². The van der Waals surface area contributed by atoms with Gasteiger partial charge in [-0.25, -0.2) is 0 Å². The van der Waals surface area contributed by atoms with Crippen LogP contribution in [-0.4, -0.2) is 26.4 Å². The van der Waals surface area contributed by atoms with Crippen molar-refractivity contribution >= 4 is 30.8 Å². The predicted octanol–water partition coefficient (Wildman–Crippen LogP) is 2.14. The normalized spacial score (nSPS) is 32.2. The van der Waals surface area contributed by atoms with Crippen LogP contribution in [0.4, 0.5) is 0 Å². The Kier molecular flexibility index (Phi) is 3.17. The highest BCUT2D eigenvalue weighted by Crippen LogP contribution is 2.39. The van der Waals surface area contributed by atoms with E-state index in [1.54, 1.807) is 11.3 Å². The van der Waals surface area contributed by atoms with Crippen molar-refractivity contribution in [2.45, 2.75) is 18.2 Å². The van der Waals surface area contributed by atoms with Crippen molar-refractivity contribution in [2.24, 2.45) is 0 Å². The molecule has 74 valence electrons. The molecule has 2 rings (SSSR count). The molecule has 1 aliphatic rings. The molecule has 0 N–H and O–H groups in total. The van der Waals surface area contributed by atoms with E-state index in [2.05, 4.69) is 0 Å². The molecule has 1 aliphatic heterocycles. The lowest BCUT2D eigenvalue weighted by Gasteiger charge is -2.25. The van der Waals surface area contributed by atoms with Gasteiger partial charge in [-0.3, -0.25) is 0 Å². The van der Waals surface area contributed by atoms with Crippen LogP contribution in [-0.2, 0) is 15.3 Å². The van der Waals surface area contributed by atoms with Crippen LogP contribution in [0.1, 0.15) is 4.88 Å². The van der Waals surface area contributed by atoms with Crippen molar-refractivity contribution in [2.75, 3.05) is 12.5 Å². The van der Waals surface area contributed by atoms with Crippen LogP contribution in [0.2, 0.25) is 6.32 Å². The van der Waals surface area contributed by atoms with Gasteiger partial charge < -0.3 is 9.47 Å². The Hall–Kier alpha value is -0.0251. The van der Waals surface area contributed by atoms with Crippen molar-refractivity contribution in [3.63, 3.8) is 0 Å². The summed E-state index contributed by atoms with van der Waals surface area (Å²) >= 11 is 7.29. The third-order valence-corrected chi connectivity index (χ3v) is 3.54. The van der Waals surface area contributed by atoms with E-state index < -0.39 is 5.79 Å². The molecule has 1 aromatic heterocycles. The van der Waals surface area contributed by atoms with E-state index in [9.17, 15) is 0 Å². The van der Waals surface area contributed by atoms with Crippen molar-refractivity contribution in [1.82, 2.24) is 0 Å². The maximum Gasteiger partial charge on any atom is 0.196 e. The summed E-state index contributed by atoms with van der Waals surface area (Å²) in [7, 11) is 5.69. The third-order valence-electron chi connectivity index (χ3n) is 2.20. The van der Waals surface area contributed by atoms with E-state index in [1.807, 2.05) is 17.5 Å². The van der Waals surface area contributed by atoms with Gasteiger partial charge in [0.1, 0.15) is 0 Å². The molecule has 2 heterocycles. The zero-order valence-corrected chi connectivity index (χ0v) is 9.18. The van der Waals surface area contributed by atoms with Gasteiger partial charge in [0.15, 0.2) is 5.79 Å². The molecule has 0 spiro atoms. The molecule has 0 bridgehead atoms. The van der Waals surface area contributed by atoms with Gasteiger partial charge in [-0.1, -0.05) is 6.07 Å². The molecule has 1 fully saturated rings. The smallest absolute Gasteiger partial charge is 0.196 e. The highest BCUT2D eigenvalue weighted by molar-refractivity contribution is 7.10. The number of hydrogen-bond donors (Lipinski definition) is 0. The van der Waals surface area contributed by atoms with Crippen LogP contribution >= 0.6 is 22.9 Å². The Morgan fingerprint density at radius 2 is 2.57 bits per heavy atom. The molecule has 2 radical (unpaired) electrons. The Labute approximate surface area is 93.6 Å². The van der Waals surface area contributed by atoms with E-state index in [1.165, 1.54) is 0 Å². The summed E-state index contributed by atoms with van der Waals surface area (Å²) in [5.41, 5.74) is 0. The van der Waals surface area contributed by atoms with Gasteiger partial charge in [-0.05, 0) is 17.8 Å². The predicted molar refractivity (Wildman–Crippen MR) is 58.1 cm³/mol. The number of ether oxygens (including phenoxy) is 2. The first-order valence-electron chi connectivity index (χ1n) is 4.42. The average molecular weight is 229 g/mol. The number of hydrogen-bond acceptors (Lipinski definition) is 3. The Balaban J connectivity index is 2.20. The minimum atomic E-state index is -0.756. The maximum atomic E-state index is 5.72. The average Bonchev–Trinajstić information content (AvgIpc) is 2.87. The quantitative estimate of drug-likeness (QED) is 0.583. The molecule has 0 unspecified atom stereocenters. The summed E-state index contributed by atoms with van der Waals surface area (Å²) < 4.78 is 11.3. The molecule has 0 aliphatic carbocycles. The first-order chi connectivity index (χ1) is 6.80. The first kappa shape index (κ1) is 10.5. The van der Waals surface area contributed by atoms with Crippen LogP contribution in [0.3, 0.4) is 0 Å². The van der Waals surface area contributed by atoms with E-state index in [0.29, 0.717) is 18.8 Å². The van der Waals surface area contributed by atoms with Crippen LogP contribution < -0.4 is 0 Å². The van der Waals surface area contributed by atoms with Gasteiger partial charge in [0.25, 0.3) is 0 Å². The van der Waals surface area contributed by atoms with Crippen LogP contribution in [0, 0.1) is 0 Å². The van der Waals surface area contributed by atoms with Crippen LogP contribution in [0.25, 0.3) is 0 Å². The third kappa shape index (κ3) is 1.72. The minimum Gasteiger partial charge on any atom is -0.343 e. The molecule has 0 amide bonds. The fourth-order valence-corrected chi connectivity index (χ4v) is 2.46.